The number of carbonyl (C=O) groups excluding carboxylic acids is 1. The molecule has 0 bridgehead atoms. The van der Waals surface area contributed by atoms with Crippen molar-refractivity contribution < 1.29 is 9.18 Å². The third-order valence-corrected chi connectivity index (χ3v) is 5.20. The number of hydrogen-bond acceptors (Lipinski definition) is 5. The van der Waals surface area contributed by atoms with Crippen molar-refractivity contribution in [2.75, 3.05) is 26.3 Å². The summed E-state index contributed by atoms with van der Waals surface area (Å²) in [6, 6.07) is 0.293. The zero-order valence-corrected chi connectivity index (χ0v) is 13.1. The fraction of sp³-hybridized carbons (Fsp3) is 0.786. The van der Waals surface area contributed by atoms with Gasteiger partial charge in [-0.15, -0.1) is 21.5 Å². The molecule has 3 heterocycles. The Kier molecular flexibility index (Phi) is 4.49. The van der Waals surface area contributed by atoms with Crippen LogP contribution in [0.4, 0.5) is 4.39 Å². The van der Waals surface area contributed by atoms with E-state index in [0.717, 1.165) is 42.5 Å². The zero-order valence-electron chi connectivity index (χ0n) is 12.3. The van der Waals surface area contributed by atoms with Crippen LogP contribution in [-0.4, -0.2) is 58.3 Å². The first-order valence-electron chi connectivity index (χ1n) is 7.52. The van der Waals surface area contributed by atoms with E-state index in [1.54, 1.807) is 11.3 Å². The van der Waals surface area contributed by atoms with Crippen LogP contribution in [-0.2, 0) is 11.3 Å². The Balaban J connectivity index is 1.50. The van der Waals surface area contributed by atoms with Crippen molar-refractivity contribution in [2.45, 2.75) is 38.8 Å². The molecule has 0 radical (unpaired) electrons. The number of nitrogens with zero attached hydrogens (tertiary/aromatic N) is 4. The van der Waals surface area contributed by atoms with Gasteiger partial charge in [-0.1, -0.05) is 0 Å². The van der Waals surface area contributed by atoms with Gasteiger partial charge in [0.15, 0.2) is 0 Å². The summed E-state index contributed by atoms with van der Waals surface area (Å²) in [5.74, 6) is 0.0516. The molecule has 2 fully saturated rings. The molecule has 1 aromatic rings. The van der Waals surface area contributed by atoms with E-state index in [-0.39, 0.29) is 18.5 Å². The van der Waals surface area contributed by atoms with Crippen molar-refractivity contribution in [3.8, 4) is 0 Å². The van der Waals surface area contributed by atoms with Gasteiger partial charge in [-0.3, -0.25) is 14.1 Å². The summed E-state index contributed by atoms with van der Waals surface area (Å²) >= 11 is 1.64. The molecule has 7 heteroatoms. The molecule has 116 valence electrons. The minimum absolute atomic E-state index is 0.0834. The molecule has 1 atom stereocenters. The summed E-state index contributed by atoms with van der Waals surface area (Å²) in [5.41, 5.74) is 0. The first-order chi connectivity index (χ1) is 10.2. The number of hydrogen-bond donors (Lipinski definition) is 0. The van der Waals surface area contributed by atoms with Gasteiger partial charge in [-0.05, 0) is 19.8 Å². The number of alkyl halides is 1. The quantitative estimate of drug-likeness (QED) is 0.848. The molecule has 0 saturated carbocycles. The van der Waals surface area contributed by atoms with Crippen LogP contribution < -0.4 is 0 Å². The van der Waals surface area contributed by atoms with Crippen molar-refractivity contribution in [2.24, 2.45) is 5.92 Å². The molecule has 0 spiro atoms. The Hall–Kier alpha value is -1.08. The van der Waals surface area contributed by atoms with E-state index in [9.17, 15) is 9.18 Å². The summed E-state index contributed by atoms with van der Waals surface area (Å²) < 4.78 is 12.7. The van der Waals surface area contributed by atoms with Gasteiger partial charge < -0.3 is 4.90 Å². The molecule has 0 N–H and O–H groups in total. The Morgan fingerprint density at radius 2 is 2.10 bits per heavy atom. The maximum Gasteiger partial charge on any atom is 0.223 e. The molecule has 2 saturated heterocycles. The third kappa shape index (κ3) is 3.40. The predicted molar refractivity (Wildman–Crippen MR) is 78.7 cm³/mol. The largest absolute Gasteiger partial charge is 0.339 e. The molecule has 2 aliphatic heterocycles. The van der Waals surface area contributed by atoms with E-state index in [1.165, 1.54) is 0 Å². The smallest absolute Gasteiger partial charge is 0.223 e. The first kappa shape index (κ1) is 14.8. The average molecular weight is 312 g/mol. The Bertz CT molecular complexity index is 501. The lowest BCUT2D eigenvalue weighted by atomic mass is 10.0. The van der Waals surface area contributed by atoms with Crippen LogP contribution in [0.25, 0.3) is 0 Å². The Morgan fingerprint density at radius 3 is 2.67 bits per heavy atom. The molecule has 1 aromatic heterocycles. The maximum absolute atomic E-state index is 12.7. The van der Waals surface area contributed by atoms with Gasteiger partial charge in [0.1, 0.15) is 10.0 Å². The van der Waals surface area contributed by atoms with E-state index in [0.29, 0.717) is 19.0 Å². The molecule has 21 heavy (non-hydrogen) atoms. The van der Waals surface area contributed by atoms with E-state index in [1.807, 2.05) is 11.8 Å². The SMILES string of the molecule is Cc1nnc(CN2CCC(N3CC(CF)CC3=O)CC2)s1. The third-order valence-electron chi connectivity index (χ3n) is 4.38. The normalized spacial score (nSPS) is 25.0. The lowest BCUT2D eigenvalue weighted by molar-refractivity contribution is -0.130. The highest BCUT2D eigenvalue weighted by atomic mass is 32.1. The van der Waals surface area contributed by atoms with Crippen LogP contribution >= 0.6 is 11.3 Å². The van der Waals surface area contributed by atoms with Crippen molar-refractivity contribution >= 4 is 17.2 Å². The minimum atomic E-state index is -0.377. The van der Waals surface area contributed by atoms with Gasteiger partial charge in [0.05, 0.1) is 13.2 Å². The van der Waals surface area contributed by atoms with Crippen LogP contribution in [0.3, 0.4) is 0 Å². The van der Waals surface area contributed by atoms with Gasteiger partial charge in [-0.2, -0.15) is 0 Å². The van der Waals surface area contributed by atoms with Crippen molar-refractivity contribution in [1.82, 2.24) is 20.0 Å². The molecule has 1 unspecified atom stereocenters. The Morgan fingerprint density at radius 1 is 1.33 bits per heavy atom. The van der Waals surface area contributed by atoms with Gasteiger partial charge in [0, 0.05) is 38.0 Å². The van der Waals surface area contributed by atoms with Crippen molar-refractivity contribution in [3.63, 3.8) is 0 Å². The predicted octanol–water partition coefficient (Wildman–Crippen LogP) is 1.63. The minimum Gasteiger partial charge on any atom is -0.339 e. The lowest BCUT2D eigenvalue weighted by Crippen LogP contribution is -2.45. The number of halogens is 1. The molecule has 0 aliphatic carbocycles. The van der Waals surface area contributed by atoms with Crippen LogP contribution in [0.1, 0.15) is 29.3 Å². The van der Waals surface area contributed by atoms with Crippen LogP contribution in [0.15, 0.2) is 0 Å². The number of rotatable bonds is 4. The monoisotopic (exact) mass is 312 g/mol. The summed E-state index contributed by atoms with van der Waals surface area (Å²) in [6.45, 7) is 4.97. The summed E-state index contributed by atoms with van der Waals surface area (Å²) in [6.07, 6.45) is 2.34. The van der Waals surface area contributed by atoms with Crippen LogP contribution in [0.5, 0.6) is 0 Å². The van der Waals surface area contributed by atoms with E-state index in [4.69, 9.17) is 0 Å². The fourth-order valence-corrected chi connectivity index (χ4v) is 4.00. The zero-order chi connectivity index (χ0) is 14.8. The number of aromatic nitrogens is 2. The number of amides is 1. The highest BCUT2D eigenvalue weighted by Crippen LogP contribution is 2.26. The molecular formula is C14H21FN4OS. The second-order valence-corrected chi connectivity index (χ2v) is 7.26. The molecule has 2 aliphatic rings. The average Bonchev–Trinajstić information content (AvgIpc) is 3.06. The van der Waals surface area contributed by atoms with Gasteiger partial charge in [-0.25, -0.2) is 0 Å². The molecule has 1 amide bonds. The highest BCUT2D eigenvalue weighted by Gasteiger charge is 2.35. The summed E-state index contributed by atoms with van der Waals surface area (Å²) in [5, 5.41) is 10.3. The molecule has 0 aromatic carbocycles. The fourth-order valence-electron chi connectivity index (χ4n) is 3.25. The highest BCUT2D eigenvalue weighted by molar-refractivity contribution is 7.11. The van der Waals surface area contributed by atoms with Crippen LogP contribution in [0, 0.1) is 12.8 Å². The van der Waals surface area contributed by atoms with E-state index in [2.05, 4.69) is 15.1 Å². The van der Waals surface area contributed by atoms with Crippen molar-refractivity contribution in [1.29, 1.82) is 0 Å². The van der Waals surface area contributed by atoms with Crippen molar-refractivity contribution in [3.05, 3.63) is 10.0 Å². The standard InChI is InChI=1S/C14H21FN4OS/c1-10-16-17-13(21-10)9-18-4-2-12(3-5-18)19-8-11(7-15)6-14(19)20/h11-12H,2-9H2,1H3. The molecular weight excluding hydrogens is 291 g/mol. The van der Waals surface area contributed by atoms with Crippen LogP contribution in [0.2, 0.25) is 0 Å². The van der Waals surface area contributed by atoms with E-state index >= 15 is 0 Å². The Labute approximate surface area is 128 Å². The first-order valence-corrected chi connectivity index (χ1v) is 8.34. The van der Waals surface area contributed by atoms with E-state index < -0.39 is 0 Å². The molecule has 5 nitrogen and oxygen atoms in total. The summed E-state index contributed by atoms with van der Waals surface area (Å²) in [7, 11) is 0. The lowest BCUT2D eigenvalue weighted by Gasteiger charge is -2.36. The summed E-state index contributed by atoms with van der Waals surface area (Å²) in [4.78, 5) is 16.2. The topological polar surface area (TPSA) is 49.3 Å². The molecule has 3 rings (SSSR count). The maximum atomic E-state index is 12.7. The number of piperidine rings is 1. The van der Waals surface area contributed by atoms with Gasteiger partial charge >= 0.3 is 0 Å². The van der Waals surface area contributed by atoms with Gasteiger partial charge in [0.25, 0.3) is 0 Å². The number of carbonyl (C=O) groups is 1. The van der Waals surface area contributed by atoms with Gasteiger partial charge in [0.2, 0.25) is 5.91 Å². The second-order valence-electron chi connectivity index (χ2n) is 5.99. The number of aryl methyl sites for hydroxylation is 1. The number of likely N-dealkylation sites (tertiary alicyclic amines) is 2. The second kappa shape index (κ2) is 6.36.